The Kier molecular flexibility index (Phi) is 6.77. The van der Waals surface area contributed by atoms with Gasteiger partial charge in [-0.25, -0.2) is 4.79 Å². The second kappa shape index (κ2) is 8.86. The lowest BCUT2D eigenvalue weighted by molar-refractivity contribution is -0.142. The summed E-state index contributed by atoms with van der Waals surface area (Å²) in [6.07, 6.45) is 0.275. The highest BCUT2D eigenvalue weighted by molar-refractivity contribution is 6.05. The first-order valence-corrected chi connectivity index (χ1v) is 9.33. The molecule has 1 aromatic rings. The van der Waals surface area contributed by atoms with Crippen LogP contribution in [0.1, 0.15) is 50.9 Å². The summed E-state index contributed by atoms with van der Waals surface area (Å²) in [6.45, 7) is 6.47. The van der Waals surface area contributed by atoms with Crippen molar-refractivity contribution < 1.29 is 29.0 Å². The number of ether oxygens (including phenoxy) is 1. The number of ketones is 1. The Morgan fingerprint density at radius 3 is 2.54 bits per heavy atom. The van der Waals surface area contributed by atoms with Crippen molar-refractivity contribution in [2.75, 3.05) is 11.4 Å². The number of hydrogen-bond donors (Lipinski definition) is 2. The van der Waals surface area contributed by atoms with Crippen molar-refractivity contribution in [3.05, 3.63) is 23.8 Å². The summed E-state index contributed by atoms with van der Waals surface area (Å²) in [6, 6.07) is 3.73. The Hall–Kier alpha value is -2.90. The quantitative estimate of drug-likeness (QED) is 0.657. The summed E-state index contributed by atoms with van der Waals surface area (Å²) in [4.78, 5) is 49.8. The molecule has 2 atom stereocenters. The topological polar surface area (TPSA) is 113 Å². The number of carboxylic acids is 1. The van der Waals surface area contributed by atoms with Crippen LogP contribution in [-0.2, 0) is 14.4 Å². The third kappa shape index (κ3) is 4.68. The van der Waals surface area contributed by atoms with Gasteiger partial charge in [0.1, 0.15) is 18.3 Å². The van der Waals surface area contributed by atoms with E-state index in [2.05, 4.69) is 5.32 Å². The largest absolute Gasteiger partial charge is 0.480 e. The van der Waals surface area contributed by atoms with E-state index in [1.54, 1.807) is 39.0 Å². The number of benzene rings is 1. The van der Waals surface area contributed by atoms with Gasteiger partial charge in [-0.15, -0.1) is 0 Å². The average molecular weight is 390 g/mol. The maximum absolute atomic E-state index is 12.6. The SMILES string of the molecule is CCCC(=O)c1ccc2c(c1)N(CC(=O)NC(C(=O)O)C(C)C)C(=O)C(C)O2. The third-order valence-corrected chi connectivity index (χ3v) is 4.52. The molecule has 0 saturated carbocycles. The molecule has 0 bridgehead atoms. The van der Waals surface area contributed by atoms with Crippen LogP contribution in [-0.4, -0.2) is 47.4 Å². The second-order valence-electron chi connectivity index (χ2n) is 7.17. The van der Waals surface area contributed by atoms with E-state index >= 15 is 0 Å². The van der Waals surface area contributed by atoms with Crippen LogP contribution in [0.25, 0.3) is 0 Å². The van der Waals surface area contributed by atoms with Gasteiger partial charge in [0.15, 0.2) is 11.9 Å². The van der Waals surface area contributed by atoms with E-state index in [4.69, 9.17) is 4.74 Å². The first-order valence-electron chi connectivity index (χ1n) is 9.33. The summed E-state index contributed by atoms with van der Waals surface area (Å²) in [5.74, 6) is -2.15. The molecule has 2 unspecified atom stereocenters. The minimum atomic E-state index is -1.14. The molecule has 0 aliphatic carbocycles. The van der Waals surface area contributed by atoms with Gasteiger partial charge in [-0.2, -0.15) is 0 Å². The molecule has 2 N–H and O–H groups in total. The molecule has 2 rings (SSSR count). The van der Waals surface area contributed by atoms with E-state index in [0.717, 1.165) is 0 Å². The highest BCUT2D eigenvalue weighted by Gasteiger charge is 2.34. The van der Waals surface area contributed by atoms with Crippen LogP contribution < -0.4 is 15.0 Å². The van der Waals surface area contributed by atoms with Crippen LogP contribution in [0.4, 0.5) is 5.69 Å². The zero-order valence-electron chi connectivity index (χ0n) is 16.5. The van der Waals surface area contributed by atoms with Crippen molar-refractivity contribution in [2.24, 2.45) is 5.92 Å². The molecule has 1 aliphatic heterocycles. The Bertz CT molecular complexity index is 789. The third-order valence-electron chi connectivity index (χ3n) is 4.52. The normalized spacial score (nSPS) is 17.0. The van der Waals surface area contributed by atoms with Crippen LogP contribution in [0.15, 0.2) is 18.2 Å². The van der Waals surface area contributed by atoms with E-state index < -0.39 is 29.9 Å². The second-order valence-corrected chi connectivity index (χ2v) is 7.17. The molecule has 1 aromatic carbocycles. The molecular weight excluding hydrogens is 364 g/mol. The number of carbonyl (C=O) groups is 4. The lowest BCUT2D eigenvalue weighted by atomic mass is 10.0. The number of nitrogens with zero attached hydrogens (tertiary/aromatic N) is 1. The fraction of sp³-hybridized carbons (Fsp3) is 0.500. The number of aliphatic carboxylic acids is 1. The number of carboxylic acid groups (broad SMARTS) is 1. The van der Waals surface area contributed by atoms with Crippen LogP contribution >= 0.6 is 0 Å². The molecule has 28 heavy (non-hydrogen) atoms. The van der Waals surface area contributed by atoms with Gasteiger partial charge >= 0.3 is 5.97 Å². The molecule has 8 heteroatoms. The number of amides is 2. The van der Waals surface area contributed by atoms with Crippen molar-refractivity contribution in [3.63, 3.8) is 0 Å². The summed E-state index contributed by atoms with van der Waals surface area (Å²) in [7, 11) is 0. The molecule has 0 fully saturated rings. The van der Waals surface area contributed by atoms with Gasteiger partial charge in [-0.3, -0.25) is 19.3 Å². The number of rotatable bonds is 8. The smallest absolute Gasteiger partial charge is 0.326 e. The molecule has 0 spiro atoms. The van der Waals surface area contributed by atoms with E-state index in [1.807, 2.05) is 6.92 Å². The van der Waals surface area contributed by atoms with Crippen molar-refractivity contribution >= 4 is 29.3 Å². The Labute approximate surface area is 163 Å². The van der Waals surface area contributed by atoms with Gasteiger partial charge < -0.3 is 15.2 Å². The summed E-state index contributed by atoms with van der Waals surface area (Å²) >= 11 is 0. The van der Waals surface area contributed by atoms with Crippen LogP contribution in [0.5, 0.6) is 5.75 Å². The monoisotopic (exact) mass is 390 g/mol. The molecule has 8 nitrogen and oxygen atoms in total. The lowest BCUT2D eigenvalue weighted by Crippen LogP contribution is -2.52. The van der Waals surface area contributed by atoms with Crippen molar-refractivity contribution in [3.8, 4) is 5.75 Å². The number of Topliss-reactive ketones (excluding diaryl/α,β-unsaturated/α-hetero) is 1. The molecule has 0 radical (unpaired) electrons. The Morgan fingerprint density at radius 1 is 1.29 bits per heavy atom. The minimum Gasteiger partial charge on any atom is -0.480 e. The van der Waals surface area contributed by atoms with E-state index in [0.29, 0.717) is 29.8 Å². The number of fused-ring (bicyclic) bond motifs is 1. The fourth-order valence-electron chi connectivity index (χ4n) is 2.99. The number of carbonyl (C=O) groups excluding carboxylic acids is 3. The van der Waals surface area contributed by atoms with Gasteiger partial charge in [0.25, 0.3) is 5.91 Å². The maximum atomic E-state index is 12.6. The lowest BCUT2D eigenvalue weighted by Gasteiger charge is -2.33. The number of nitrogens with one attached hydrogen (secondary N) is 1. The van der Waals surface area contributed by atoms with Gasteiger partial charge in [0.2, 0.25) is 5.91 Å². The highest BCUT2D eigenvalue weighted by Crippen LogP contribution is 2.35. The van der Waals surface area contributed by atoms with Crippen molar-refractivity contribution in [2.45, 2.75) is 52.7 Å². The number of anilines is 1. The van der Waals surface area contributed by atoms with Crippen molar-refractivity contribution in [1.82, 2.24) is 5.32 Å². The summed E-state index contributed by atoms with van der Waals surface area (Å²) in [5.41, 5.74) is 0.763. The molecule has 0 aromatic heterocycles. The standard InChI is InChI=1S/C20H26N2O6/c1-5-6-15(23)13-7-8-16-14(9-13)22(19(25)12(4)28-16)10-17(24)21-18(11(2)3)20(26)27/h7-9,11-12,18H,5-6,10H2,1-4H3,(H,21,24)(H,26,27). The van der Waals surface area contributed by atoms with Crippen molar-refractivity contribution in [1.29, 1.82) is 0 Å². The molecule has 152 valence electrons. The molecule has 2 amide bonds. The first-order chi connectivity index (χ1) is 13.1. The highest BCUT2D eigenvalue weighted by atomic mass is 16.5. The summed E-state index contributed by atoms with van der Waals surface area (Å²) in [5, 5.41) is 11.7. The minimum absolute atomic E-state index is 0.0634. The van der Waals surface area contributed by atoms with E-state index in [9.17, 15) is 24.3 Å². The zero-order valence-corrected chi connectivity index (χ0v) is 16.5. The van der Waals surface area contributed by atoms with Gasteiger partial charge in [0, 0.05) is 12.0 Å². The average Bonchev–Trinajstić information content (AvgIpc) is 2.62. The fourth-order valence-corrected chi connectivity index (χ4v) is 2.99. The van der Waals surface area contributed by atoms with E-state index in [-0.39, 0.29) is 18.2 Å². The first kappa shape index (κ1) is 21.4. The predicted molar refractivity (Wildman–Crippen MR) is 103 cm³/mol. The number of hydrogen-bond acceptors (Lipinski definition) is 5. The van der Waals surface area contributed by atoms with Crippen LogP contribution in [0.3, 0.4) is 0 Å². The molecule has 0 saturated heterocycles. The van der Waals surface area contributed by atoms with Gasteiger partial charge in [-0.1, -0.05) is 20.8 Å². The molecule has 1 heterocycles. The molecule has 1 aliphatic rings. The summed E-state index contributed by atoms with van der Waals surface area (Å²) < 4.78 is 5.58. The Morgan fingerprint density at radius 2 is 1.96 bits per heavy atom. The Balaban J connectivity index is 2.29. The molecular formula is C20H26N2O6. The van der Waals surface area contributed by atoms with E-state index in [1.165, 1.54) is 4.90 Å². The van der Waals surface area contributed by atoms with Gasteiger partial charge in [0.05, 0.1) is 5.69 Å². The predicted octanol–water partition coefficient (Wildman–Crippen LogP) is 2.01. The zero-order chi connectivity index (χ0) is 21.0. The van der Waals surface area contributed by atoms with Gasteiger partial charge in [-0.05, 0) is 37.5 Å². The van der Waals surface area contributed by atoms with Crippen LogP contribution in [0.2, 0.25) is 0 Å². The maximum Gasteiger partial charge on any atom is 0.326 e. The van der Waals surface area contributed by atoms with Crippen LogP contribution in [0, 0.1) is 5.92 Å².